The molecule has 0 N–H and O–H groups in total. The molecule has 0 aliphatic carbocycles. The first-order chi connectivity index (χ1) is 29.1. The Morgan fingerprint density at radius 1 is 0.305 bits per heavy atom. The lowest BCUT2D eigenvalue weighted by Gasteiger charge is -2.26. The average molecular weight is 750 g/mol. The number of hydrogen-bond acceptors (Lipinski definition) is 4. The van der Waals surface area contributed by atoms with Gasteiger partial charge in [0, 0.05) is 37.9 Å². The second-order valence-corrected chi connectivity index (χ2v) is 14.5. The molecule has 0 aliphatic rings. The van der Waals surface area contributed by atoms with Crippen molar-refractivity contribution in [3.8, 4) is 52.5 Å². The van der Waals surface area contributed by atoms with E-state index in [0.29, 0.717) is 50.4 Å². The molecule has 270 valence electrons. The molecule has 7 heteroatoms. The standard InChI is InChI=1S/C52H27N7/c53-28-32-21-24-34(25-22-32)49-41(30-55)50(57-43-16-6-1-11-35(43)36-12-2-7-17-44(36)57)52(59-47-20-10-5-15-39(47)40-27-33(29-54)23-26-48(40)59)51(42(49)31-56)58-45-18-8-3-13-37(45)38-14-4-9-19-46(38)58/h1-27H. The van der Waals surface area contributed by atoms with Crippen LogP contribution in [0.3, 0.4) is 0 Å². The van der Waals surface area contributed by atoms with Crippen LogP contribution in [0.4, 0.5) is 0 Å². The van der Waals surface area contributed by atoms with Gasteiger partial charge in [-0.15, -0.1) is 0 Å². The summed E-state index contributed by atoms with van der Waals surface area (Å²) in [6.07, 6.45) is 0. The molecule has 0 aliphatic heterocycles. The largest absolute Gasteiger partial charge is 0.306 e. The monoisotopic (exact) mass is 749 g/mol. The molecule has 0 radical (unpaired) electrons. The van der Waals surface area contributed by atoms with Crippen molar-refractivity contribution in [1.82, 2.24) is 13.7 Å². The van der Waals surface area contributed by atoms with Crippen LogP contribution in [-0.2, 0) is 0 Å². The average Bonchev–Trinajstić information content (AvgIpc) is 3.93. The molecule has 3 heterocycles. The Hall–Kier alpha value is -8.88. The first kappa shape index (κ1) is 33.5. The maximum absolute atomic E-state index is 11.7. The summed E-state index contributed by atoms with van der Waals surface area (Å²) in [5, 5.41) is 49.2. The predicted molar refractivity (Wildman–Crippen MR) is 234 cm³/mol. The van der Waals surface area contributed by atoms with Gasteiger partial charge in [0.1, 0.15) is 12.1 Å². The van der Waals surface area contributed by atoms with Gasteiger partial charge < -0.3 is 13.7 Å². The van der Waals surface area contributed by atoms with E-state index < -0.39 is 0 Å². The van der Waals surface area contributed by atoms with Gasteiger partial charge in [0.05, 0.1) is 84.6 Å². The smallest absolute Gasteiger partial charge is 0.102 e. The summed E-state index contributed by atoms with van der Waals surface area (Å²) < 4.78 is 6.52. The van der Waals surface area contributed by atoms with E-state index in [4.69, 9.17) is 0 Å². The maximum atomic E-state index is 11.7. The number of benzene rings is 8. The van der Waals surface area contributed by atoms with Gasteiger partial charge in [0.25, 0.3) is 0 Å². The second kappa shape index (κ2) is 12.8. The van der Waals surface area contributed by atoms with E-state index in [9.17, 15) is 21.0 Å². The van der Waals surface area contributed by atoms with Crippen LogP contribution in [0.15, 0.2) is 164 Å². The molecular formula is C52H27N7. The van der Waals surface area contributed by atoms with E-state index in [1.807, 2.05) is 91.0 Å². The fraction of sp³-hybridized carbons (Fsp3) is 0. The van der Waals surface area contributed by atoms with E-state index in [-0.39, 0.29) is 0 Å². The number of aromatic nitrogens is 3. The predicted octanol–water partition coefficient (Wildman–Crippen LogP) is 12.1. The van der Waals surface area contributed by atoms with E-state index in [2.05, 4.69) is 98.6 Å². The Kier molecular flexibility index (Phi) is 7.28. The molecule has 59 heavy (non-hydrogen) atoms. The lowest BCUT2D eigenvalue weighted by molar-refractivity contribution is 1.04. The van der Waals surface area contributed by atoms with Crippen molar-refractivity contribution in [2.75, 3.05) is 0 Å². The van der Waals surface area contributed by atoms with Crippen molar-refractivity contribution in [2.45, 2.75) is 0 Å². The molecule has 0 amide bonds. The molecule has 0 bridgehead atoms. The molecule has 0 saturated carbocycles. The second-order valence-electron chi connectivity index (χ2n) is 14.5. The number of nitrogens with zero attached hydrogens (tertiary/aromatic N) is 7. The van der Waals surface area contributed by atoms with Gasteiger partial charge in [-0.1, -0.05) is 103 Å². The Balaban J connectivity index is 1.50. The highest BCUT2D eigenvalue weighted by Crippen LogP contribution is 2.48. The number of hydrogen-bond donors (Lipinski definition) is 0. The lowest BCUT2D eigenvalue weighted by Crippen LogP contribution is -2.14. The van der Waals surface area contributed by atoms with E-state index >= 15 is 0 Å². The summed E-state index contributed by atoms with van der Waals surface area (Å²) >= 11 is 0. The van der Waals surface area contributed by atoms with Crippen LogP contribution in [0.1, 0.15) is 22.3 Å². The molecule has 0 atom stereocenters. The van der Waals surface area contributed by atoms with Gasteiger partial charge in [0.2, 0.25) is 0 Å². The summed E-state index contributed by atoms with van der Waals surface area (Å²) in [5.41, 5.74) is 9.73. The topological polar surface area (TPSA) is 110 Å². The lowest BCUT2D eigenvalue weighted by atomic mass is 9.90. The van der Waals surface area contributed by atoms with Crippen molar-refractivity contribution in [3.05, 3.63) is 186 Å². The van der Waals surface area contributed by atoms with Gasteiger partial charge in [-0.25, -0.2) is 0 Å². The van der Waals surface area contributed by atoms with Gasteiger partial charge in [-0.3, -0.25) is 0 Å². The number of para-hydroxylation sites is 5. The highest BCUT2D eigenvalue weighted by molar-refractivity contribution is 6.15. The molecule has 0 unspecified atom stereocenters. The van der Waals surface area contributed by atoms with Crippen molar-refractivity contribution < 1.29 is 0 Å². The zero-order chi connectivity index (χ0) is 39.8. The number of rotatable bonds is 4. The zero-order valence-corrected chi connectivity index (χ0v) is 31.2. The van der Waals surface area contributed by atoms with E-state index in [0.717, 1.165) is 65.4 Å². The van der Waals surface area contributed by atoms with Gasteiger partial charge in [-0.2, -0.15) is 21.0 Å². The SMILES string of the molecule is N#Cc1ccc(-c2c(C#N)c(-n3c4ccccc4c4ccccc43)c(-n3c4ccccc4c4cc(C#N)ccc43)c(-n3c4ccccc4c4ccccc43)c2C#N)cc1. The van der Waals surface area contributed by atoms with Crippen molar-refractivity contribution in [2.24, 2.45) is 0 Å². The molecule has 0 spiro atoms. The van der Waals surface area contributed by atoms with Crippen molar-refractivity contribution in [1.29, 1.82) is 21.0 Å². The fourth-order valence-electron chi connectivity index (χ4n) is 9.19. The number of fused-ring (bicyclic) bond motifs is 9. The Morgan fingerprint density at radius 2 is 0.644 bits per heavy atom. The fourth-order valence-corrected chi connectivity index (χ4v) is 9.19. The molecule has 3 aromatic heterocycles. The van der Waals surface area contributed by atoms with Crippen LogP contribution < -0.4 is 0 Å². The third-order valence-corrected chi connectivity index (χ3v) is 11.6. The Morgan fingerprint density at radius 3 is 1.03 bits per heavy atom. The van der Waals surface area contributed by atoms with Crippen LogP contribution in [0.25, 0.3) is 93.6 Å². The third-order valence-electron chi connectivity index (χ3n) is 11.6. The molecule has 8 aromatic carbocycles. The minimum atomic E-state index is 0.303. The summed E-state index contributed by atoms with van der Waals surface area (Å²) in [6, 6.07) is 63.5. The van der Waals surface area contributed by atoms with E-state index in [1.165, 1.54) is 0 Å². The van der Waals surface area contributed by atoms with Crippen molar-refractivity contribution >= 4 is 65.4 Å². The minimum absolute atomic E-state index is 0.303. The molecule has 0 fully saturated rings. The summed E-state index contributed by atoms with van der Waals surface area (Å²) in [6.45, 7) is 0. The van der Waals surface area contributed by atoms with E-state index in [1.54, 1.807) is 12.1 Å². The van der Waals surface area contributed by atoms with Gasteiger partial charge in [0.15, 0.2) is 0 Å². The Bertz CT molecular complexity index is 3510. The Labute approximate surface area is 337 Å². The van der Waals surface area contributed by atoms with Crippen LogP contribution >= 0.6 is 0 Å². The quantitative estimate of drug-likeness (QED) is 0.178. The highest BCUT2D eigenvalue weighted by atomic mass is 15.1. The van der Waals surface area contributed by atoms with Crippen molar-refractivity contribution in [3.63, 3.8) is 0 Å². The van der Waals surface area contributed by atoms with Gasteiger partial charge >= 0.3 is 0 Å². The first-order valence-electron chi connectivity index (χ1n) is 19.1. The summed E-state index contributed by atoms with van der Waals surface area (Å²) in [7, 11) is 0. The molecule has 11 aromatic rings. The molecule has 0 saturated heterocycles. The normalized spacial score (nSPS) is 11.3. The first-order valence-corrected chi connectivity index (χ1v) is 19.1. The van der Waals surface area contributed by atoms with Crippen LogP contribution in [0.2, 0.25) is 0 Å². The number of nitriles is 4. The third kappa shape index (κ3) is 4.65. The van der Waals surface area contributed by atoms with Crippen LogP contribution in [0, 0.1) is 45.3 Å². The molecule has 11 rings (SSSR count). The zero-order valence-electron chi connectivity index (χ0n) is 31.2. The van der Waals surface area contributed by atoms with Crippen LogP contribution in [-0.4, -0.2) is 13.7 Å². The summed E-state index contributed by atoms with van der Waals surface area (Å²) in [4.78, 5) is 0. The maximum Gasteiger partial charge on any atom is 0.102 e. The molecule has 7 nitrogen and oxygen atoms in total. The summed E-state index contributed by atoms with van der Waals surface area (Å²) in [5.74, 6) is 0. The molecular weight excluding hydrogens is 723 g/mol. The minimum Gasteiger partial charge on any atom is -0.306 e. The van der Waals surface area contributed by atoms with Crippen LogP contribution in [0.5, 0.6) is 0 Å². The van der Waals surface area contributed by atoms with Gasteiger partial charge in [-0.05, 0) is 66.2 Å². The highest BCUT2D eigenvalue weighted by Gasteiger charge is 2.33.